The van der Waals surface area contributed by atoms with Crippen LogP contribution < -0.4 is 5.32 Å². The van der Waals surface area contributed by atoms with Crippen LogP contribution in [0.5, 0.6) is 0 Å². The normalized spacial score (nSPS) is 10.1. The van der Waals surface area contributed by atoms with Crippen LogP contribution in [0.2, 0.25) is 0 Å². The largest absolute Gasteiger partial charge is 0.356 e. The summed E-state index contributed by atoms with van der Waals surface area (Å²) in [5.74, 6) is 0.123. The zero-order valence-electron chi connectivity index (χ0n) is 10.3. The van der Waals surface area contributed by atoms with Crippen LogP contribution in [0.3, 0.4) is 0 Å². The van der Waals surface area contributed by atoms with Crippen molar-refractivity contribution < 1.29 is 4.79 Å². The lowest BCUT2D eigenvalue weighted by atomic mass is 10.1. The highest BCUT2D eigenvalue weighted by Crippen LogP contribution is 2.05. The minimum atomic E-state index is 0.123. The van der Waals surface area contributed by atoms with E-state index in [1.807, 2.05) is 12.1 Å². The minimum Gasteiger partial charge on any atom is -0.356 e. The van der Waals surface area contributed by atoms with Crippen LogP contribution in [0.25, 0.3) is 0 Å². The molecule has 0 radical (unpaired) electrons. The molecule has 1 rings (SSSR count). The Labute approximate surface area is 98.1 Å². The average molecular weight is 219 g/mol. The standard InChI is InChI=1S/C14H21NO/c1-3-5-10-15-14(16)11-13-8-6-12(4-2)7-9-13/h6-9H,3-5,10-11H2,1-2H3,(H,15,16). The maximum absolute atomic E-state index is 11.5. The third kappa shape index (κ3) is 4.47. The Hall–Kier alpha value is -1.31. The van der Waals surface area contributed by atoms with E-state index in [4.69, 9.17) is 0 Å². The van der Waals surface area contributed by atoms with Crippen LogP contribution in [0.1, 0.15) is 37.8 Å². The van der Waals surface area contributed by atoms with Gasteiger partial charge in [-0.15, -0.1) is 0 Å². The lowest BCUT2D eigenvalue weighted by molar-refractivity contribution is -0.120. The molecule has 0 heterocycles. The molecule has 16 heavy (non-hydrogen) atoms. The highest BCUT2D eigenvalue weighted by Gasteiger charge is 2.02. The van der Waals surface area contributed by atoms with Crippen LogP contribution in [0.15, 0.2) is 24.3 Å². The third-order valence-electron chi connectivity index (χ3n) is 2.65. The first-order valence-corrected chi connectivity index (χ1v) is 6.10. The van der Waals surface area contributed by atoms with Gasteiger partial charge in [-0.2, -0.15) is 0 Å². The number of hydrogen-bond donors (Lipinski definition) is 1. The molecule has 1 N–H and O–H groups in total. The highest BCUT2D eigenvalue weighted by atomic mass is 16.1. The fraction of sp³-hybridized carbons (Fsp3) is 0.500. The van der Waals surface area contributed by atoms with Gasteiger partial charge >= 0.3 is 0 Å². The van der Waals surface area contributed by atoms with Crippen molar-refractivity contribution in [2.24, 2.45) is 0 Å². The lowest BCUT2D eigenvalue weighted by Crippen LogP contribution is -2.25. The summed E-state index contributed by atoms with van der Waals surface area (Å²) in [5, 5.41) is 2.92. The van der Waals surface area contributed by atoms with Gasteiger partial charge in [-0.3, -0.25) is 4.79 Å². The van der Waals surface area contributed by atoms with E-state index in [1.165, 1.54) is 5.56 Å². The first-order valence-electron chi connectivity index (χ1n) is 6.10. The van der Waals surface area contributed by atoms with Gasteiger partial charge in [-0.1, -0.05) is 44.5 Å². The van der Waals surface area contributed by atoms with E-state index < -0.39 is 0 Å². The summed E-state index contributed by atoms with van der Waals surface area (Å²) in [6.07, 6.45) is 3.71. The fourth-order valence-corrected chi connectivity index (χ4v) is 1.55. The Kier molecular flexibility index (Phi) is 5.62. The van der Waals surface area contributed by atoms with Gasteiger partial charge in [0.25, 0.3) is 0 Å². The van der Waals surface area contributed by atoms with E-state index in [0.717, 1.165) is 31.4 Å². The zero-order chi connectivity index (χ0) is 11.8. The molecule has 0 saturated carbocycles. The monoisotopic (exact) mass is 219 g/mol. The molecule has 2 heteroatoms. The summed E-state index contributed by atoms with van der Waals surface area (Å²) in [5.41, 5.74) is 2.40. The van der Waals surface area contributed by atoms with Gasteiger partial charge in [-0.05, 0) is 24.0 Å². The van der Waals surface area contributed by atoms with E-state index in [0.29, 0.717) is 6.42 Å². The molecular formula is C14H21NO. The third-order valence-corrected chi connectivity index (χ3v) is 2.65. The van der Waals surface area contributed by atoms with E-state index in [9.17, 15) is 4.79 Å². The molecule has 0 aliphatic heterocycles. The molecular weight excluding hydrogens is 198 g/mol. The van der Waals surface area contributed by atoms with Crippen molar-refractivity contribution >= 4 is 5.91 Å². The van der Waals surface area contributed by atoms with Gasteiger partial charge in [-0.25, -0.2) is 0 Å². The van der Waals surface area contributed by atoms with Crippen molar-refractivity contribution in [3.63, 3.8) is 0 Å². The Morgan fingerprint density at radius 1 is 1.12 bits per heavy atom. The zero-order valence-corrected chi connectivity index (χ0v) is 10.3. The Morgan fingerprint density at radius 3 is 2.31 bits per heavy atom. The molecule has 1 aromatic rings. The van der Waals surface area contributed by atoms with Gasteiger partial charge in [0.05, 0.1) is 6.42 Å². The van der Waals surface area contributed by atoms with Crippen molar-refractivity contribution in [2.75, 3.05) is 6.54 Å². The molecule has 0 bridgehead atoms. The average Bonchev–Trinajstić information content (AvgIpc) is 2.30. The predicted octanol–water partition coefficient (Wildman–Crippen LogP) is 2.71. The minimum absolute atomic E-state index is 0.123. The Balaban J connectivity index is 2.37. The van der Waals surface area contributed by atoms with E-state index in [2.05, 4.69) is 31.3 Å². The molecule has 0 saturated heterocycles. The number of aryl methyl sites for hydroxylation is 1. The first kappa shape index (κ1) is 12.8. The summed E-state index contributed by atoms with van der Waals surface area (Å²) in [6.45, 7) is 5.05. The van der Waals surface area contributed by atoms with E-state index in [-0.39, 0.29) is 5.91 Å². The van der Waals surface area contributed by atoms with Crippen molar-refractivity contribution in [2.45, 2.75) is 39.5 Å². The van der Waals surface area contributed by atoms with Crippen LogP contribution in [0.4, 0.5) is 0 Å². The maximum atomic E-state index is 11.5. The summed E-state index contributed by atoms with van der Waals surface area (Å²) in [6, 6.07) is 8.26. The summed E-state index contributed by atoms with van der Waals surface area (Å²) in [4.78, 5) is 11.5. The molecule has 0 aliphatic carbocycles. The second-order valence-electron chi connectivity index (χ2n) is 4.05. The summed E-state index contributed by atoms with van der Waals surface area (Å²) in [7, 11) is 0. The maximum Gasteiger partial charge on any atom is 0.224 e. The van der Waals surface area contributed by atoms with Crippen LogP contribution in [-0.4, -0.2) is 12.5 Å². The number of rotatable bonds is 6. The molecule has 1 aromatic carbocycles. The quantitative estimate of drug-likeness (QED) is 0.732. The molecule has 0 aliphatic rings. The van der Waals surface area contributed by atoms with Crippen molar-refractivity contribution in [3.05, 3.63) is 35.4 Å². The number of nitrogens with one attached hydrogen (secondary N) is 1. The smallest absolute Gasteiger partial charge is 0.224 e. The number of benzene rings is 1. The summed E-state index contributed by atoms with van der Waals surface area (Å²) < 4.78 is 0. The van der Waals surface area contributed by atoms with Gasteiger partial charge in [0.1, 0.15) is 0 Å². The van der Waals surface area contributed by atoms with Crippen LogP contribution in [0, 0.1) is 0 Å². The van der Waals surface area contributed by atoms with Crippen molar-refractivity contribution in [3.8, 4) is 0 Å². The predicted molar refractivity (Wildman–Crippen MR) is 67.4 cm³/mol. The fourth-order valence-electron chi connectivity index (χ4n) is 1.55. The van der Waals surface area contributed by atoms with Gasteiger partial charge in [0, 0.05) is 6.54 Å². The molecule has 1 amide bonds. The van der Waals surface area contributed by atoms with Crippen molar-refractivity contribution in [1.29, 1.82) is 0 Å². The number of unbranched alkanes of at least 4 members (excludes halogenated alkanes) is 1. The van der Waals surface area contributed by atoms with Crippen molar-refractivity contribution in [1.82, 2.24) is 5.32 Å². The van der Waals surface area contributed by atoms with Gasteiger partial charge in [0.2, 0.25) is 5.91 Å². The SMILES string of the molecule is CCCCNC(=O)Cc1ccc(CC)cc1. The second-order valence-corrected chi connectivity index (χ2v) is 4.05. The van der Waals surface area contributed by atoms with Gasteiger partial charge < -0.3 is 5.32 Å². The number of hydrogen-bond acceptors (Lipinski definition) is 1. The second kappa shape index (κ2) is 7.04. The molecule has 88 valence electrons. The number of carbonyl (C=O) groups excluding carboxylic acids is 1. The highest BCUT2D eigenvalue weighted by molar-refractivity contribution is 5.78. The van der Waals surface area contributed by atoms with Crippen LogP contribution >= 0.6 is 0 Å². The molecule has 0 spiro atoms. The lowest BCUT2D eigenvalue weighted by Gasteiger charge is -2.05. The summed E-state index contributed by atoms with van der Waals surface area (Å²) >= 11 is 0. The molecule has 0 unspecified atom stereocenters. The molecule has 0 aromatic heterocycles. The molecule has 0 fully saturated rings. The number of amides is 1. The Bertz CT molecular complexity index is 316. The number of carbonyl (C=O) groups is 1. The molecule has 2 nitrogen and oxygen atoms in total. The first-order chi connectivity index (χ1) is 7.76. The van der Waals surface area contributed by atoms with Crippen LogP contribution in [-0.2, 0) is 17.6 Å². The molecule has 0 atom stereocenters. The Morgan fingerprint density at radius 2 is 1.75 bits per heavy atom. The van der Waals surface area contributed by atoms with E-state index in [1.54, 1.807) is 0 Å². The van der Waals surface area contributed by atoms with E-state index >= 15 is 0 Å². The van der Waals surface area contributed by atoms with Gasteiger partial charge in [0.15, 0.2) is 0 Å². The topological polar surface area (TPSA) is 29.1 Å².